The van der Waals surface area contributed by atoms with Gasteiger partial charge in [0.05, 0.1) is 5.69 Å². The summed E-state index contributed by atoms with van der Waals surface area (Å²) in [5.41, 5.74) is 0.950. The minimum absolute atomic E-state index is 0.646. The predicted molar refractivity (Wildman–Crippen MR) is 47.2 cm³/mol. The smallest absolute Gasteiger partial charge is 0.0845 e. The first-order chi connectivity index (χ1) is 5.22. The molecule has 1 aromatic heterocycles. The van der Waals surface area contributed by atoms with Gasteiger partial charge in [0, 0.05) is 12.7 Å². The van der Waals surface area contributed by atoms with E-state index in [2.05, 4.69) is 25.5 Å². The molecular weight excluding hydrogens is 136 g/mol. The van der Waals surface area contributed by atoms with Gasteiger partial charge < -0.3 is 0 Å². The molecule has 0 atom stereocenters. The Hall–Kier alpha value is -1.05. The fourth-order valence-electron chi connectivity index (χ4n) is 0.962. The van der Waals surface area contributed by atoms with Crippen LogP contribution in [-0.2, 0) is 6.54 Å². The van der Waals surface area contributed by atoms with Crippen molar-refractivity contribution in [2.75, 3.05) is 0 Å². The van der Waals surface area contributed by atoms with Crippen LogP contribution in [0.1, 0.15) is 19.5 Å². The number of aromatic nitrogens is 2. The van der Waals surface area contributed by atoms with Crippen LogP contribution in [0.5, 0.6) is 0 Å². The second-order valence-corrected chi connectivity index (χ2v) is 3.06. The monoisotopic (exact) mass is 150 g/mol. The van der Waals surface area contributed by atoms with Crippen molar-refractivity contribution >= 4 is 6.08 Å². The van der Waals surface area contributed by atoms with E-state index in [0.29, 0.717) is 5.92 Å². The number of nitrogens with zero attached hydrogens (tertiary/aromatic N) is 2. The Labute approximate surface area is 67.5 Å². The van der Waals surface area contributed by atoms with Crippen molar-refractivity contribution in [1.82, 2.24) is 9.78 Å². The van der Waals surface area contributed by atoms with Crippen LogP contribution in [0.3, 0.4) is 0 Å². The van der Waals surface area contributed by atoms with E-state index < -0.39 is 0 Å². The average Bonchev–Trinajstić information content (AvgIpc) is 2.34. The van der Waals surface area contributed by atoms with E-state index in [1.807, 2.05) is 16.9 Å². The number of hydrogen-bond donors (Lipinski definition) is 0. The summed E-state index contributed by atoms with van der Waals surface area (Å²) in [5.74, 6) is 0.646. The Morgan fingerprint density at radius 2 is 2.45 bits per heavy atom. The Bertz CT molecular complexity index is 235. The quantitative estimate of drug-likeness (QED) is 0.645. The molecule has 0 saturated heterocycles. The summed E-state index contributed by atoms with van der Waals surface area (Å²) in [6.07, 6.45) is 3.74. The molecule has 2 nitrogen and oxygen atoms in total. The van der Waals surface area contributed by atoms with E-state index in [4.69, 9.17) is 0 Å². The normalized spacial score (nSPS) is 10.5. The lowest BCUT2D eigenvalue weighted by atomic mass is 10.2. The van der Waals surface area contributed by atoms with Gasteiger partial charge in [-0.25, -0.2) is 0 Å². The highest BCUT2D eigenvalue weighted by Gasteiger charge is 1.97. The maximum absolute atomic E-state index is 4.27. The molecule has 0 spiro atoms. The minimum atomic E-state index is 0.646. The third-order valence-corrected chi connectivity index (χ3v) is 1.42. The molecule has 0 aromatic carbocycles. The highest BCUT2D eigenvalue weighted by Crippen LogP contribution is 2.00. The molecule has 0 unspecified atom stereocenters. The van der Waals surface area contributed by atoms with Gasteiger partial charge in [0.1, 0.15) is 0 Å². The maximum Gasteiger partial charge on any atom is 0.0845 e. The second-order valence-electron chi connectivity index (χ2n) is 3.06. The van der Waals surface area contributed by atoms with Crippen LogP contribution in [0.25, 0.3) is 6.08 Å². The number of rotatable bonds is 3. The van der Waals surface area contributed by atoms with Crippen molar-refractivity contribution in [1.29, 1.82) is 0 Å². The highest BCUT2D eigenvalue weighted by molar-refractivity contribution is 5.39. The van der Waals surface area contributed by atoms with Gasteiger partial charge in [-0.2, -0.15) is 5.10 Å². The molecule has 0 amide bonds. The van der Waals surface area contributed by atoms with Crippen molar-refractivity contribution in [3.05, 3.63) is 24.5 Å². The molecule has 1 heterocycles. The van der Waals surface area contributed by atoms with Gasteiger partial charge >= 0.3 is 0 Å². The van der Waals surface area contributed by atoms with Gasteiger partial charge in [0.25, 0.3) is 0 Å². The molecular formula is C9H14N2. The van der Waals surface area contributed by atoms with Crippen LogP contribution in [0, 0.1) is 5.92 Å². The van der Waals surface area contributed by atoms with Crippen LogP contribution >= 0.6 is 0 Å². The van der Waals surface area contributed by atoms with E-state index in [9.17, 15) is 0 Å². The lowest BCUT2D eigenvalue weighted by Crippen LogP contribution is -2.04. The van der Waals surface area contributed by atoms with Gasteiger partial charge in [-0.05, 0) is 18.1 Å². The molecule has 0 aliphatic carbocycles. The predicted octanol–water partition coefficient (Wildman–Crippen LogP) is 2.18. The van der Waals surface area contributed by atoms with Crippen molar-refractivity contribution in [2.24, 2.45) is 5.92 Å². The van der Waals surface area contributed by atoms with Crippen molar-refractivity contribution in [3.63, 3.8) is 0 Å². The lowest BCUT2D eigenvalue weighted by molar-refractivity contribution is 0.482. The highest BCUT2D eigenvalue weighted by atomic mass is 15.3. The van der Waals surface area contributed by atoms with Crippen molar-refractivity contribution in [2.45, 2.75) is 20.4 Å². The van der Waals surface area contributed by atoms with Crippen molar-refractivity contribution in [3.8, 4) is 0 Å². The summed E-state index contributed by atoms with van der Waals surface area (Å²) in [5, 5.41) is 4.27. The molecule has 60 valence electrons. The molecule has 11 heavy (non-hydrogen) atoms. The Morgan fingerprint density at radius 3 is 2.91 bits per heavy atom. The summed E-state index contributed by atoms with van der Waals surface area (Å²) in [6.45, 7) is 8.98. The minimum Gasteiger partial charge on any atom is -0.272 e. The molecule has 0 N–H and O–H groups in total. The lowest BCUT2D eigenvalue weighted by Gasteiger charge is -2.02. The van der Waals surface area contributed by atoms with Gasteiger partial charge in [-0.3, -0.25) is 4.68 Å². The van der Waals surface area contributed by atoms with Crippen LogP contribution in [0.2, 0.25) is 0 Å². The van der Waals surface area contributed by atoms with Crippen LogP contribution < -0.4 is 0 Å². The van der Waals surface area contributed by atoms with Gasteiger partial charge in [0.2, 0.25) is 0 Å². The first-order valence-electron chi connectivity index (χ1n) is 3.88. The van der Waals surface area contributed by atoms with E-state index in [1.54, 1.807) is 6.08 Å². The topological polar surface area (TPSA) is 17.8 Å². The summed E-state index contributed by atoms with van der Waals surface area (Å²) in [6, 6.07) is 1.97. The fourth-order valence-corrected chi connectivity index (χ4v) is 0.962. The molecule has 0 bridgehead atoms. The van der Waals surface area contributed by atoms with E-state index in [0.717, 1.165) is 12.2 Å². The van der Waals surface area contributed by atoms with Gasteiger partial charge in [0.15, 0.2) is 0 Å². The standard InChI is InChI=1S/C9H14N2/c1-4-9-5-6-11(10-9)7-8(2)3/h4-6,8H,1,7H2,2-3H3. The molecule has 1 aromatic rings. The maximum atomic E-state index is 4.27. The molecule has 0 saturated carbocycles. The number of hydrogen-bond acceptors (Lipinski definition) is 1. The van der Waals surface area contributed by atoms with Gasteiger partial charge in [-0.1, -0.05) is 20.4 Å². The summed E-state index contributed by atoms with van der Waals surface area (Å²) >= 11 is 0. The summed E-state index contributed by atoms with van der Waals surface area (Å²) in [4.78, 5) is 0. The van der Waals surface area contributed by atoms with Crippen LogP contribution in [-0.4, -0.2) is 9.78 Å². The zero-order valence-electron chi connectivity index (χ0n) is 7.12. The van der Waals surface area contributed by atoms with Crippen molar-refractivity contribution < 1.29 is 0 Å². The Balaban J connectivity index is 2.65. The van der Waals surface area contributed by atoms with E-state index in [-0.39, 0.29) is 0 Å². The molecule has 0 radical (unpaired) electrons. The summed E-state index contributed by atoms with van der Waals surface area (Å²) < 4.78 is 1.95. The summed E-state index contributed by atoms with van der Waals surface area (Å²) in [7, 11) is 0. The first-order valence-corrected chi connectivity index (χ1v) is 3.88. The SMILES string of the molecule is C=Cc1ccn(CC(C)C)n1. The first kappa shape index (κ1) is 8.05. The zero-order valence-corrected chi connectivity index (χ0v) is 7.12. The second kappa shape index (κ2) is 3.37. The molecule has 0 aliphatic rings. The Morgan fingerprint density at radius 1 is 1.73 bits per heavy atom. The van der Waals surface area contributed by atoms with Gasteiger partial charge in [-0.15, -0.1) is 0 Å². The van der Waals surface area contributed by atoms with E-state index >= 15 is 0 Å². The fraction of sp³-hybridized carbons (Fsp3) is 0.444. The molecule has 1 rings (SSSR count). The Kier molecular flexibility index (Phi) is 2.47. The van der Waals surface area contributed by atoms with Crippen LogP contribution in [0.4, 0.5) is 0 Å². The largest absolute Gasteiger partial charge is 0.272 e. The van der Waals surface area contributed by atoms with Crippen LogP contribution in [0.15, 0.2) is 18.8 Å². The third-order valence-electron chi connectivity index (χ3n) is 1.42. The van der Waals surface area contributed by atoms with E-state index in [1.165, 1.54) is 0 Å². The molecule has 0 fully saturated rings. The average molecular weight is 150 g/mol. The third kappa shape index (κ3) is 2.22. The molecule has 0 aliphatic heterocycles. The molecule has 2 heteroatoms. The zero-order chi connectivity index (χ0) is 8.27.